The van der Waals surface area contributed by atoms with Gasteiger partial charge in [0.15, 0.2) is 0 Å². The van der Waals surface area contributed by atoms with Gasteiger partial charge in [0, 0.05) is 46.2 Å². The van der Waals surface area contributed by atoms with Crippen LogP contribution in [0.5, 0.6) is 0 Å². The normalized spacial score (nSPS) is 14.9. The molecule has 0 radical (unpaired) electrons. The first kappa shape index (κ1) is 34.4. The van der Waals surface area contributed by atoms with E-state index in [9.17, 15) is 9.59 Å². The number of hydrogen-bond donors (Lipinski definition) is 0. The minimum atomic E-state index is -1.45. The number of thiophene rings is 4. The third-order valence-corrected chi connectivity index (χ3v) is 21.6. The predicted molar refractivity (Wildman–Crippen MR) is 219 cm³/mol. The maximum Gasteiger partial charge on any atom is 0.262 e. The molecule has 7 rings (SSSR count). The van der Waals surface area contributed by atoms with Gasteiger partial charge in [0.25, 0.3) is 11.8 Å². The third-order valence-electron chi connectivity index (χ3n) is 9.34. The van der Waals surface area contributed by atoms with Gasteiger partial charge < -0.3 is 0 Å². The molecule has 0 saturated heterocycles. The van der Waals surface area contributed by atoms with Crippen LogP contribution in [0.2, 0.25) is 39.3 Å². The lowest BCUT2D eigenvalue weighted by molar-refractivity contribution is 0.0646. The van der Waals surface area contributed by atoms with E-state index in [1.807, 2.05) is 22.7 Å². The fraction of sp³-hybridized carbons (Fsp3) is 0.444. The molecule has 1 unspecified atom stereocenters. The molecule has 6 heterocycles. The van der Waals surface area contributed by atoms with E-state index in [4.69, 9.17) is 8.75 Å². The van der Waals surface area contributed by atoms with E-state index in [0.717, 1.165) is 44.8 Å². The zero-order valence-corrected chi connectivity index (χ0v) is 35.3. The molecule has 2 amide bonds. The first-order chi connectivity index (χ1) is 22.6. The lowest BCUT2D eigenvalue weighted by Gasteiger charge is -2.18. The zero-order valence-electron chi connectivity index (χ0n) is 29.2. The maximum atomic E-state index is 14.6. The van der Waals surface area contributed by atoms with E-state index in [-0.39, 0.29) is 11.8 Å². The largest absolute Gasteiger partial charge is 0.274 e. The Balaban J connectivity index is 1.37. The highest BCUT2D eigenvalue weighted by Crippen LogP contribution is 2.50. The van der Waals surface area contributed by atoms with Gasteiger partial charge in [-0.1, -0.05) is 79.3 Å². The van der Waals surface area contributed by atoms with Crippen LogP contribution < -0.4 is 9.00 Å². The molecular formula is C36H43N3O2S5Si2. The Kier molecular flexibility index (Phi) is 9.03. The van der Waals surface area contributed by atoms with Gasteiger partial charge in [-0.2, -0.15) is 8.75 Å². The smallest absolute Gasteiger partial charge is 0.262 e. The second-order valence-electron chi connectivity index (χ2n) is 15.8. The van der Waals surface area contributed by atoms with E-state index in [1.165, 1.54) is 57.3 Å². The number of amides is 2. The van der Waals surface area contributed by atoms with Gasteiger partial charge in [-0.25, -0.2) is 0 Å². The van der Waals surface area contributed by atoms with E-state index in [1.54, 1.807) is 22.7 Å². The fourth-order valence-electron chi connectivity index (χ4n) is 6.50. The molecule has 6 aromatic rings. The van der Waals surface area contributed by atoms with Crippen LogP contribution in [-0.4, -0.2) is 48.2 Å². The summed E-state index contributed by atoms with van der Waals surface area (Å²) in [4.78, 5) is 32.6. The molecule has 0 bridgehead atoms. The Morgan fingerprint density at radius 2 is 1.08 bits per heavy atom. The lowest BCUT2D eigenvalue weighted by atomic mass is 9.93. The van der Waals surface area contributed by atoms with E-state index in [0.29, 0.717) is 29.5 Å². The Bertz CT molecular complexity index is 2000. The Morgan fingerprint density at radius 3 is 1.50 bits per heavy atom. The van der Waals surface area contributed by atoms with Crippen molar-refractivity contribution in [2.24, 2.45) is 11.8 Å². The Hall–Kier alpha value is -2.07. The van der Waals surface area contributed by atoms with Gasteiger partial charge in [0.05, 0.1) is 39.0 Å². The van der Waals surface area contributed by atoms with Crippen molar-refractivity contribution in [2.75, 3.05) is 6.54 Å². The molecule has 5 aromatic heterocycles. The lowest BCUT2D eigenvalue weighted by Crippen LogP contribution is -2.34. The van der Waals surface area contributed by atoms with Crippen molar-refractivity contribution in [1.29, 1.82) is 0 Å². The van der Waals surface area contributed by atoms with E-state index < -0.39 is 16.1 Å². The quantitative estimate of drug-likeness (QED) is 0.0973. The summed E-state index contributed by atoms with van der Waals surface area (Å²) in [6.45, 7) is 21.5. The van der Waals surface area contributed by atoms with Crippen LogP contribution in [0.25, 0.3) is 50.7 Å². The van der Waals surface area contributed by atoms with Gasteiger partial charge >= 0.3 is 0 Å². The molecule has 0 spiro atoms. The molecule has 0 aliphatic carbocycles. The molecule has 1 atom stereocenters. The van der Waals surface area contributed by atoms with Crippen molar-refractivity contribution in [3.63, 3.8) is 0 Å². The van der Waals surface area contributed by atoms with Crippen LogP contribution in [0.1, 0.15) is 67.2 Å². The SMILES string of the molecule is CC(C)CCCC(C)CCN1C(=O)c2c(c(-c3cc4sc([Si](C)(C)C)cc4s3)c3nsnc3c2-c2cc3sc([Si](C)(C)C)cc3s2)C1=O. The number of fused-ring (bicyclic) bond motifs is 4. The standard InChI is InChI=1S/C36H43N3O2S5Si2/c1-19(2)11-10-12-20(3)13-14-39-35(40)31-29(25-15-21-23(42-25)17-27(44-21)47(4,5)6)33-34(38-46-37-33)30(32(31)36(39)41)26-16-22-24(43-26)18-28(45-22)48(7,8)9/h15-20H,10-14H2,1-9H3. The van der Waals surface area contributed by atoms with Gasteiger partial charge in [0.1, 0.15) is 11.0 Å². The van der Waals surface area contributed by atoms with E-state index in [2.05, 4.69) is 84.3 Å². The number of nitrogens with zero attached hydrogens (tertiary/aromatic N) is 3. The van der Waals surface area contributed by atoms with Gasteiger partial charge in [0.2, 0.25) is 0 Å². The molecule has 0 saturated carbocycles. The minimum Gasteiger partial charge on any atom is -0.274 e. The summed E-state index contributed by atoms with van der Waals surface area (Å²) >= 11 is 8.33. The summed E-state index contributed by atoms with van der Waals surface area (Å²) in [5.41, 5.74) is 4.06. The number of carbonyl (C=O) groups excluding carboxylic acids is 2. The molecule has 1 aliphatic heterocycles. The average Bonchev–Trinajstić information content (AvgIpc) is 3.80. The molecular weight excluding hydrogens is 723 g/mol. The average molecular weight is 766 g/mol. The zero-order chi connectivity index (χ0) is 34.3. The second kappa shape index (κ2) is 12.6. The summed E-state index contributed by atoms with van der Waals surface area (Å²) in [6, 6.07) is 9.13. The summed E-state index contributed by atoms with van der Waals surface area (Å²) in [7, 11) is -2.91. The molecule has 1 aromatic carbocycles. The maximum absolute atomic E-state index is 14.6. The van der Waals surface area contributed by atoms with Crippen LogP contribution in [0.4, 0.5) is 0 Å². The predicted octanol–water partition coefficient (Wildman–Crippen LogP) is 11.1. The molecule has 12 heteroatoms. The van der Waals surface area contributed by atoms with Crippen molar-refractivity contribution >= 4 is 124 Å². The van der Waals surface area contributed by atoms with Crippen molar-refractivity contribution in [3.8, 4) is 20.9 Å². The first-order valence-electron chi connectivity index (χ1n) is 16.9. The van der Waals surface area contributed by atoms with E-state index >= 15 is 0 Å². The van der Waals surface area contributed by atoms with Crippen molar-refractivity contribution in [2.45, 2.75) is 85.7 Å². The Morgan fingerprint density at radius 1 is 0.625 bits per heavy atom. The van der Waals surface area contributed by atoms with Crippen molar-refractivity contribution in [3.05, 3.63) is 35.4 Å². The summed E-state index contributed by atoms with van der Waals surface area (Å²) in [6.07, 6.45) is 4.29. The highest BCUT2D eigenvalue weighted by Gasteiger charge is 2.43. The van der Waals surface area contributed by atoms with Gasteiger partial charge in [-0.15, -0.1) is 45.3 Å². The highest BCUT2D eigenvalue weighted by molar-refractivity contribution is 7.37. The Labute approximate surface area is 305 Å². The molecule has 48 heavy (non-hydrogen) atoms. The number of aromatic nitrogens is 2. The van der Waals surface area contributed by atoms with Gasteiger partial charge in [-0.3, -0.25) is 14.5 Å². The molecule has 5 nitrogen and oxygen atoms in total. The monoisotopic (exact) mass is 765 g/mol. The number of benzene rings is 1. The van der Waals surface area contributed by atoms with Crippen molar-refractivity contribution < 1.29 is 9.59 Å². The molecule has 1 aliphatic rings. The van der Waals surface area contributed by atoms with Crippen LogP contribution in [0, 0.1) is 11.8 Å². The highest BCUT2D eigenvalue weighted by atomic mass is 32.1. The third kappa shape index (κ3) is 6.13. The van der Waals surface area contributed by atoms with Crippen LogP contribution in [0.15, 0.2) is 24.3 Å². The first-order valence-corrected chi connectivity index (χ1v) is 27.9. The van der Waals surface area contributed by atoms with Crippen LogP contribution >= 0.6 is 57.1 Å². The van der Waals surface area contributed by atoms with Gasteiger partial charge in [-0.05, 0) is 51.5 Å². The topological polar surface area (TPSA) is 63.2 Å². The van der Waals surface area contributed by atoms with Crippen LogP contribution in [0.3, 0.4) is 0 Å². The number of rotatable bonds is 11. The number of carbonyl (C=O) groups is 2. The number of imide groups is 1. The minimum absolute atomic E-state index is 0.186. The summed E-state index contributed by atoms with van der Waals surface area (Å²) < 4.78 is 17.6. The summed E-state index contributed by atoms with van der Waals surface area (Å²) in [5.74, 6) is 0.752. The molecule has 0 N–H and O–H groups in total. The number of hydrogen-bond acceptors (Lipinski definition) is 9. The summed E-state index contributed by atoms with van der Waals surface area (Å²) in [5, 5.41) is 0. The van der Waals surface area contributed by atoms with Crippen molar-refractivity contribution in [1.82, 2.24) is 13.6 Å². The molecule has 0 fully saturated rings. The second-order valence-corrected chi connectivity index (χ2v) is 31.5. The fourth-order valence-corrected chi connectivity index (χ4v) is 15.9. The van der Waals surface area contributed by atoms with Crippen LogP contribution in [-0.2, 0) is 0 Å². The molecule has 252 valence electrons.